The van der Waals surface area contributed by atoms with Crippen LogP contribution in [-0.4, -0.2) is 64.1 Å². The number of alkyl halides is 6. The highest BCUT2D eigenvalue weighted by Crippen LogP contribution is 2.40. The van der Waals surface area contributed by atoms with Crippen molar-refractivity contribution >= 4 is 34.8 Å². The van der Waals surface area contributed by atoms with Crippen molar-refractivity contribution in [2.24, 2.45) is 7.05 Å². The molecular formula is C49H39Cl2F6N9O4. The molecule has 5 aromatic heterocycles. The van der Waals surface area contributed by atoms with Crippen LogP contribution in [-0.2, 0) is 45.4 Å². The lowest BCUT2D eigenvalue weighted by Crippen LogP contribution is -2.13. The summed E-state index contributed by atoms with van der Waals surface area (Å²) >= 11 is 11.5. The van der Waals surface area contributed by atoms with E-state index >= 15 is 0 Å². The van der Waals surface area contributed by atoms with Gasteiger partial charge in [-0.25, -0.2) is 9.97 Å². The molecule has 0 spiro atoms. The van der Waals surface area contributed by atoms with Crippen LogP contribution >= 0.6 is 23.2 Å². The van der Waals surface area contributed by atoms with Crippen LogP contribution in [0.2, 0.25) is 10.0 Å². The first-order chi connectivity index (χ1) is 33.4. The number of hydrogen-bond acceptors (Lipinski definition) is 10. The number of benzene rings is 4. The van der Waals surface area contributed by atoms with Gasteiger partial charge in [0.25, 0.3) is 0 Å². The lowest BCUT2D eigenvalue weighted by Gasteiger charge is -2.14. The van der Waals surface area contributed by atoms with E-state index in [-0.39, 0.29) is 36.5 Å². The fourth-order valence-corrected chi connectivity index (χ4v) is 7.93. The van der Waals surface area contributed by atoms with Crippen molar-refractivity contribution in [1.29, 1.82) is 0 Å². The van der Waals surface area contributed by atoms with Gasteiger partial charge in [0, 0.05) is 51.1 Å². The normalized spacial score (nSPS) is 12.1. The Morgan fingerprint density at radius 2 is 1.26 bits per heavy atom. The fourth-order valence-electron chi connectivity index (χ4n) is 7.48. The topological polar surface area (TPSA) is 118 Å². The maximum atomic E-state index is 13.4. The monoisotopic (exact) mass is 1000 g/mol. The molecule has 360 valence electrons. The predicted molar refractivity (Wildman–Crippen MR) is 248 cm³/mol. The second-order valence-electron chi connectivity index (χ2n) is 16.3. The Labute approximate surface area is 405 Å². The SMILES string of the molecule is CN(C)Cc1cnc2nc(OCCc3ccc(Oc4ccc(Cl)c(C(F)(F)F)c4)cc3)c(-c3nc4nc(OCc5ccc(Oc6ccc(Cl)c(C(F)(F)F)c6)cc5)ccn4c3Cc3cnn(C)c3)cn12. The van der Waals surface area contributed by atoms with Crippen LogP contribution in [0.15, 0.2) is 122 Å². The second kappa shape index (κ2) is 19.6. The molecule has 0 amide bonds. The summed E-state index contributed by atoms with van der Waals surface area (Å²) in [6.45, 7) is 0.858. The average molecular weight is 1000 g/mol. The average Bonchev–Trinajstić information content (AvgIpc) is 4.02. The standard InChI is InChI=1S/C49H39Cl2F6N9O4/c1-63(2)26-32-24-58-46-62-45(67-19-17-29-4-8-33(9-5-29)69-35-12-14-40(50)38(21-35)48(52,53)54)37(27-66(32)46)44-42(20-31-23-59-64(3)25-31)65-18-16-43(60-47(65)61-44)68-28-30-6-10-34(11-7-30)70-36-13-15-41(51)39(22-36)49(55,56)57/h4-16,18,21-25,27H,17,19-20,26,28H2,1-3H3. The largest absolute Gasteiger partial charge is 0.477 e. The molecule has 70 heavy (non-hydrogen) atoms. The highest BCUT2D eigenvalue weighted by molar-refractivity contribution is 6.31. The lowest BCUT2D eigenvalue weighted by atomic mass is 10.1. The van der Waals surface area contributed by atoms with Gasteiger partial charge in [0.15, 0.2) is 0 Å². The zero-order valence-corrected chi connectivity index (χ0v) is 38.8. The van der Waals surface area contributed by atoms with Crippen LogP contribution in [0.25, 0.3) is 22.8 Å². The molecule has 9 rings (SSSR count). The summed E-state index contributed by atoms with van der Waals surface area (Å²) in [5.41, 5.74) is 3.28. The van der Waals surface area contributed by atoms with Crippen molar-refractivity contribution < 1.29 is 45.3 Å². The van der Waals surface area contributed by atoms with Crippen molar-refractivity contribution in [1.82, 2.24) is 43.4 Å². The molecule has 0 atom stereocenters. The molecule has 0 saturated carbocycles. The quantitative estimate of drug-likeness (QED) is 0.0866. The van der Waals surface area contributed by atoms with Crippen molar-refractivity contribution in [3.63, 3.8) is 0 Å². The first-order valence-corrected chi connectivity index (χ1v) is 22.1. The molecule has 9 aromatic rings. The Kier molecular flexibility index (Phi) is 13.3. The molecule has 0 aliphatic carbocycles. The van der Waals surface area contributed by atoms with Crippen molar-refractivity contribution in [2.75, 3.05) is 20.7 Å². The third-order valence-corrected chi connectivity index (χ3v) is 11.5. The van der Waals surface area contributed by atoms with Crippen molar-refractivity contribution in [3.05, 3.63) is 171 Å². The molecule has 0 aliphatic heterocycles. The van der Waals surface area contributed by atoms with Crippen LogP contribution < -0.4 is 18.9 Å². The van der Waals surface area contributed by atoms with Gasteiger partial charge in [-0.1, -0.05) is 47.5 Å². The minimum Gasteiger partial charge on any atom is -0.477 e. The highest BCUT2D eigenvalue weighted by Gasteiger charge is 2.35. The van der Waals surface area contributed by atoms with E-state index in [9.17, 15) is 26.3 Å². The third kappa shape index (κ3) is 10.9. The van der Waals surface area contributed by atoms with Crippen molar-refractivity contribution in [3.8, 4) is 46.0 Å². The van der Waals surface area contributed by atoms with Gasteiger partial charge >= 0.3 is 12.4 Å². The van der Waals surface area contributed by atoms with Gasteiger partial charge in [0.1, 0.15) is 35.3 Å². The van der Waals surface area contributed by atoms with Gasteiger partial charge in [0.05, 0.1) is 57.1 Å². The maximum absolute atomic E-state index is 13.4. The molecule has 0 aliphatic rings. The Balaban J connectivity index is 0.970. The van der Waals surface area contributed by atoms with E-state index in [4.69, 9.17) is 57.1 Å². The van der Waals surface area contributed by atoms with Crippen LogP contribution in [0, 0.1) is 0 Å². The number of ether oxygens (including phenoxy) is 4. The number of rotatable bonds is 16. The summed E-state index contributed by atoms with van der Waals surface area (Å²) in [7, 11) is 5.74. The van der Waals surface area contributed by atoms with Crippen LogP contribution in [0.3, 0.4) is 0 Å². The Morgan fingerprint density at radius 1 is 0.643 bits per heavy atom. The zero-order valence-electron chi connectivity index (χ0n) is 37.3. The molecule has 0 N–H and O–H groups in total. The number of imidazole rings is 2. The van der Waals surface area contributed by atoms with Crippen LogP contribution in [0.5, 0.6) is 34.8 Å². The number of hydrogen-bond donors (Lipinski definition) is 0. The highest BCUT2D eigenvalue weighted by atomic mass is 35.5. The van der Waals surface area contributed by atoms with E-state index in [1.54, 1.807) is 71.7 Å². The predicted octanol–water partition coefficient (Wildman–Crippen LogP) is 12.0. The molecule has 0 unspecified atom stereocenters. The number of halogens is 8. The fraction of sp³-hybridized carbons (Fsp3) is 0.204. The van der Waals surface area contributed by atoms with Gasteiger partial charge in [-0.05, 0) is 91.4 Å². The molecule has 0 radical (unpaired) electrons. The first-order valence-electron chi connectivity index (χ1n) is 21.3. The summed E-state index contributed by atoms with van der Waals surface area (Å²) in [4.78, 5) is 21.3. The Morgan fingerprint density at radius 3 is 1.84 bits per heavy atom. The smallest absolute Gasteiger partial charge is 0.417 e. The van der Waals surface area contributed by atoms with E-state index in [2.05, 4.69) is 10.1 Å². The summed E-state index contributed by atoms with van der Waals surface area (Å²) < 4.78 is 110. The molecule has 0 saturated heterocycles. The molecule has 4 aromatic carbocycles. The molecule has 5 heterocycles. The number of fused-ring (bicyclic) bond motifs is 2. The van der Waals surface area contributed by atoms with Gasteiger partial charge in [0.2, 0.25) is 23.3 Å². The third-order valence-electron chi connectivity index (χ3n) is 10.8. The lowest BCUT2D eigenvalue weighted by molar-refractivity contribution is -0.138. The summed E-state index contributed by atoms with van der Waals surface area (Å²) in [5, 5.41) is 3.54. The minimum absolute atomic E-state index is 0.00750. The van der Waals surface area contributed by atoms with E-state index in [0.717, 1.165) is 52.3 Å². The van der Waals surface area contributed by atoms with Crippen molar-refractivity contribution in [2.45, 2.75) is 38.3 Å². The molecule has 13 nitrogen and oxygen atoms in total. The summed E-state index contributed by atoms with van der Waals surface area (Å²) in [6.07, 6.45) is 0.729. The minimum atomic E-state index is -4.63. The molecule has 21 heteroatoms. The van der Waals surface area contributed by atoms with Gasteiger partial charge in [-0.3, -0.25) is 13.5 Å². The number of aromatic nitrogens is 8. The van der Waals surface area contributed by atoms with Crippen LogP contribution in [0.4, 0.5) is 26.3 Å². The van der Waals surface area contributed by atoms with Gasteiger partial charge in [-0.2, -0.15) is 41.4 Å². The van der Waals surface area contributed by atoms with E-state index in [1.165, 1.54) is 12.1 Å². The molecule has 0 fully saturated rings. The van der Waals surface area contributed by atoms with E-state index < -0.39 is 33.5 Å². The maximum Gasteiger partial charge on any atom is 0.417 e. The second-order valence-corrected chi connectivity index (χ2v) is 17.1. The zero-order chi connectivity index (χ0) is 49.3. The Bertz CT molecular complexity index is 3320. The van der Waals surface area contributed by atoms with Gasteiger partial charge < -0.3 is 23.8 Å². The van der Waals surface area contributed by atoms with Gasteiger partial charge in [-0.15, -0.1) is 0 Å². The number of nitrogens with zero attached hydrogens (tertiary/aromatic N) is 9. The van der Waals surface area contributed by atoms with Crippen LogP contribution in [0.1, 0.15) is 39.2 Å². The first kappa shape index (κ1) is 47.7. The Hall–Kier alpha value is -7.35. The summed E-state index contributed by atoms with van der Waals surface area (Å²) in [6, 6.07) is 22.0. The molecular weight excluding hydrogens is 963 g/mol. The summed E-state index contributed by atoms with van der Waals surface area (Å²) in [5.74, 6) is 1.93. The van der Waals surface area contributed by atoms with E-state index in [1.807, 2.05) is 53.4 Å². The molecule has 0 bridgehead atoms. The number of aryl methyl sites for hydroxylation is 1. The van der Waals surface area contributed by atoms with E-state index in [0.29, 0.717) is 53.7 Å².